The van der Waals surface area contributed by atoms with Crippen LogP contribution in [0.1, 0.15) is 41.3 Å². The molecule has 0 unspecified atom stereocenters. The van der Waals surface area contributed by atoms with Gasteiger partial charge in [-0.1, -0.05) is 24.8 Å². The van der Waals surface area contributed by atoms with E-state index in [1.54, 1.807) is 0 Å². The Morgan fingerprint density at radius 1 is 1.47 bits per heavy atom. The van der Waals surface area contributed by atoms with Gasteiger partial charge in [-0.2, -0.15) is 0 Å². The average molecular weight is 257 g/mol. The summed E-state index contributed by atoms with van der Waals surface area (Å²) in [6, 6.07) is 5.49. The lowest BCUT2D eigenvalue weighted by Crippen LogP contribution is -2.29. The van der Waals surface area contributed by atoms with E-state index in [-0.39, 0.29) is 12.5 Å². The Morgan fingerprint density at radius 3 is 2.84 bits per heavy atom. The number of aliphatic hydroxyl groups is 1. The van der Waals surface area contributed by atoms with Crippen LogP contribution in [0.15, 0.2) is 18.2 Å². The van der Waals surface area contributed by atoms with Gasteiger partial charge in [-0.3, -0.25) is 4.79 Å². The molecule has 1 aromatic rings. The molecular weight excluding hydrogens is 238 g/mol. The molecule has 1 fully saturated rings. The molecule has 0 bridgehead atoms. The average Bonchev–Trinajstić information content (AvgIpc) is 3.13. The van der Waals surface area contributed by atoms with Gasteiger partial charge in [0.05, 0.1) is 0 Å². The second kappa shape index (κ2) is 5.46. The highest BCUT2D eigenvalue weighted by Gasteiger charge is 2.37. The fourth-order valence-electron chi connectivity index (χ4n) is 1.93. The SMILES string of the molecule is Cc1c(C#CCO)cccc1C(=O)NCC1(C)CC1. The van der Waals surface area contributed by atoms with Crippen LogP contribution >= 0.6 is 0 Å². The first-order valence-corrected chi connectivity index (χ1v) is 6.53. The normalized spacial score (nSPS) is 15.3. The van der Waals surface area contributed by atoms with Crippen LogP contribution in [0.3, 0.4) is 0 Å². The molecule has 19 heavy (non-hydrogen) atoms. The van der Waals surface area contributed by atoms with Gasteiger partial charge in [0.15, 0.2) is 0 Å². The number of hydrogen-bond donors (Lipinski definition) is 2. The lowest BCUT2D eigenvalue weighted by Gasteiger charge is -2.12. The quantitative estimate of drug-likeness (QED) is 0.812. The van der Waals surface area contributed by atoms with Crippen LogP contribution in [0, 0.1) is 24.2 Å². The Bertz CT molecular complexity index is 548. The summed E-state index contributed by atoms with van der Waals surface area (Å²) in [5.41, 5.74) is 2.62. The number of benzene rings is 1. The minimum atomic E-state index is -0.172. The Labute approximate surface area is 114 Å². The molecule has 1 aliphatic carbocycles. The summed E-state index contributed by atoms with van der Waals surface area (Å²) in [6.07, 6.45) is 2.38. The van der Waals surface area contributed by atoms with E-state index < -0.39 is 0 Å². The molecule has 2 rings (SSSR count). The van der Waals surface area contributed by atoms with E-state index in [1.807, 2.05) is 25.1 Å². The predicted octanol–water partition coefficient (Wildman–Crippen LogP) is 1.87. The molecule has 2 N–H and O–H groups in total. The molecule has 1 aliphatic rings. The Kier molecular flexibility index (Phi) is 3.92. The van der Waals surface area contributed by atoms with Gasteiger partial charge < -0.3 is 10.4 Å². The van der Waals surface area contributed by atoms with Crippen LogP contribution in [0.2, 0.25) is 0 Å². The number of aliphatic hydroxyl groups excluding tert-OH is 1. The van der Waals surface area contributed by atoms with E-state index in [1.165, 1.54) is 12.8 Å². The summed E-state index contributed by atoms with van der Waals surface area (Å²) in [5, 5.41) is 11.7. The van der Waals surface area contributed by atoms with Crippen LogP contribution in [0.25, 0.3) is 0 Å². The Balaban J connectivity index is 2.12. The van der Waals surface area contributed by atoms with Gasteiger partial charge >= 0.3 is 0 Å². The van der Waals surface area contributed by atoms with E-state index in [4.69, 9.17) is 5.11 Å². The summed E-state index contributed by atoms with van der Waals surface area (Å²) in [6.45, 7) is 4.63. The lowest BCUT2D eigenvalue weighted by molar-refractivity contribution is 0.0945. The van der Waals surface area contributed by atoms with Gasteiger partial charge in [0, 0.05) is 17.7 Å². The molecule has 100 valence electrons. The van der Waals surface area contributed by atoms with Crippen molar-refractivity contribution in [2.24, 2.45) is 5.41 Å². The Morgan fingerprint density at radius 2 is 2.21 bits per heavy atom. The minimum Gasteiger partial charge on any atom is -0.384 e. The van der Waals surface area contributed by atoms with Crippen molar-refractivity contribution >= 4 is 5.91 Å². The standard InChI is InChI=1S/C16H19NO2/c1-12-13(6-4-10-18)5-3-7-14(12)15(19)17-11-16(2)8-9-16/h3,5,7,18H,8-11H2,1-2H3,(H,17,19). The lowest BCUT2D eigenvalue weighted by atomic mass is 10.0. The third kappa shape index (κ3) is 3.36. The molecule has 1 aromatic carbocycles. The van der Waals surface area contributed by atoms with E-state index >= 15 is 0 Å². The highest BCUT2D eigenvalue weighted by atomic mass is 16.2. The second-order valence-electron chi connectivity index (χ2n) is 5.43. The van der Waals surface area contributed by atoms with Crippen LogP contribution in [0.5, 0.6) is 0 Å². The number of nitrogens with one attached hydrogen (secondary N) is 1. The van der Waals surface area contributed by atoms with E-state index in [0.29, 0.717) is 11.0 Å². The van der Waals surface area contributed by atoms with Crippen molar-refractivity contribution in [2.75, 3.05) is 13.2 Å². The first-order valence-electron chi connectivity index (χ1n) is 6.53. The van der Waals surface area contributed by atoms with Gasteiger partial charge in [-0.05, 0) is 42.9 Å². The van der Waals surface area contributed by atoms with Gasteiger partial charge in [-0.15, -0.1) is 0 Å². The molecule has 1 amide bonds. The van der Waals surface area contributed by atoms with Crippen molar-refractivity contribution in [1.29, 1.82) is 0 Å². The predicted molar refractivity (Wildman–Crippen MR) is 74.8 cm³/mol. The van der Waals surface area contributed by atoms with Crippen molar-refractivity contribution in [2.45, 2.75) is 26.7 Å². The van der Waals surface area contributed by atoms with E-state index in [0.717, 1.165) is 17.7 Å². The van der Waals surface area contributed by atoms with Crippen LogP contribution in [0.4, 0.5) is 0 Å². The number of hydrogen-bond acceptors (Lipinski definition) is 2. The molecule has 3 heteroatoms. The van der Waals surface area contributed by atoms with Crippen LogP contribution < -0.4 is 5.32 Å². The summed E-state index contributed by atoms with van der Waals surface area (Å²) < 4.78 is 0. The Hall–Kier alpha value is -1.79. The molecule has 0 saturated heterocycles. The zero-order valence-electron chi connectivity index (χ0n) is 11.4. The molecule has 3 nitrogen and oxygen atoms in total. The van der Waals surface area contributed by atoms with Crippen LogP contribution in [-0.2, 0) is 0 Å². The number of carbonyl (C=O) groups is 1. The number of amides is 1. The molecule has 0 radical (unpaired) electrons. The third-order valence-corrected chi connectivity index (χ3v) is 3.66. The maximum atomic E-state index is 12.2. The zero-order valence-corrected chi connectivity index (χ0v) is 11.4. The van der Waals surface area contributed by atoms with E-state index in [9.17, 15) is 4.79 Å². The van der Waals surface area contributed by atoms with Crippen LogP contribution in [-0.4, -0.2) is 24.2 Å². The van der Waals surface area contributed by atoms with Crippen molar-refractivity contribution in [1.82, 2.24) is 5.32 Å². The molecule has 0 atom stereocenters. The topological polar surface area (TPSA) is 49.3 Å². The van der Waals surface area contributed by atoms with E-state index in [2.05, 4.69) is 24.1 Å². The maximum absolute atomic E-state index is 12.2. The maximum Gasteiger partial charge on any atom is 0.251 e. The highest BCUT2D eigenvalue weighted by Crippen LogP contribution is 2.44. The first kappa shape index (κ1) is 13.6. The first-order chi connectivity index (χ1) is 9.06. The van der Waals surface area contributed by atoms with Gasteiger partial charge in [0.25, 0.3) is 5.91 Å². The highest BCUT2D eigenvalue weighted by molar-refractivity contribution is 5.96. The molecule has 1 saturated carbocycles. The van der Waals surface area contributed by atoms with Gasteiger partial charge in [0.1, 0.15) is 6.61 Å². The molecule has 0 aliphatic heterocycles. The summed E-state index contributed by atoms with van der Waals surface area (Å²) in [4.78, 5) is 12.2. The van der Waals surface area contributed by atoms with Crippen molar-refractivity contribution in [3.05, 3.63) is 34.9 Å². The largest absolute Gasteiger partial charge is 0.384 e. The monoisotopic (exact) mass is 257 g/mol. The zero-order chi connectivity index (χ0) is 13.9. The fraction of sp³-hybridized carbons (Fsp3) is 0.438. The summed E-state index contributed by atoms with van der Waals surface area (Å²) in [5.74, 6) is 5.43. The third-order valence-electron chi connectivity index (χ3n) is 3.66. The van der Waals surface area contributed by atoms with Crippen molar-refractivity contribution < 1.29 is 9.90 Å². The fourth-order valence-corrected chi connectivity index (χ4v) is 1.93. The molecular formula is C16H19NO2. The molecule has 0 spiro atoms. The smallest absolute Gasteiger partial charge is 0.251 e. The summed E-state index contributed by atoms with van der Waals surface area (Å²) in [7, 11) is 0. The van der Waals surface area contributed by atoms with Crippen molar-refractivity contribution in [3.8, 4) is 11.8 Å². The van der Waals surface area contributed by atoms with Crippen molar-refractivity contribution in [3.63, 3.8) is 0 Å². The second-order valence-corrected chi connectivity index (χ2v) is 5.43. The number of carbonyl (C=O) groups excluding carboxylic acids is 1. The molecule has 0 heterocycles. The van der Waals surface area contributed by atoms with Gasteiger partial charge in [-0.25, -0.2) is 0 Å². The minimum absolute atomic E-state index is 0.0433. The van der Waals surface area contributed by atoms with Gasteiger partial charge in [0.2, 0.25) is 0 Å². The number of rotatable bonds is 3. The summed E-state index contributed by atoms with van der Waals surface area (Å²) >= 11 is 0. The molecule has 0 aromatic heterocycles.